The number of fused-ring (bicyclic) bond motifs is 1. The molecule has 2 aromatic carbocycles. The number of amides is 1. The minimum Gasteiger partial charge on any atom is -0.506 e. The van der Waals surface area contributed by atoms with E-state index in [2.05, 4.69) is 18.3 Å². The summed E-state index contributed by atoms with van der Waals surface area (Å²) in [5.41, 5.74) is 5.45. The van der Waals surface area contributed by atoms with Crippen molar-refractivity contribution in [3.8, 4) is 11.5 Å². The molecule has 0 fully saturated rings. The summed E-state index contributed by atoms with van der Waals surface area (Å²) in [6, 6.07) is 13.5. The highest BCUT2D eigenvalue weighted by Crippen LogP contribution is 2.33. The van der Waals surface area contributed by atoms with Crippen LogP contribution in [0.15, 0.2) is 52.3 Å². The van der Waals surface area contributed by atoms with Crippen molar-refractivity contribution in [2.75, 3.05) is 24.7 Å². The van der Waals surface area contributed by atoms with Gasteiger partial charge in [0.15, 0.2) is 0 Å². The molecule has 0 saturated carbocycles. The van der Waals surface area contributed by atoms with Gasteiger partial charge in [-0.1, -0.05) is 25.1 Å². The van der Waals surface area contributed by atoms with E-state index in [0.717, 1.165) is 23.8 Å². The molecule has 1 aliphatic rings. The standard InChI is InChI=1S/C20H24N2O3S2/c1-13(11-26-18-8-4-5-15(19(18)23)20(21)24)9-22-14-10-25-16-6-2-3-7-17(16)27-12-14/h2-8,13-14,22-23H,9-12H2,1H3,(H2,21,24)/t13-,14+/m0/s1. The first-order valence-corrected chi connectivity index (χ1v) is 10.8. The molecule has 0 aromatic heterocycles. The Bertz CT molecular complexity index is 774. The van der Waals surface area contributed by atoms with Crippen molar-refractivity contribution in [1.82, 2.24) is 5.32 Å². The first-order chi connectivity index (χ1) is 13.0. The second-order valence-corrected chi connectivity index (χ2v) is 8.73. The van der Waals surface area contributed by atoms with E-state index in [4.69, 9.17) is 10.5 Å². The summed E-state index contributed by atoms with van der Waals surface area (Å²) in [6.45, 7) is 3.67. The minimum atomic E-state index is -0.614. The largest absolute Gasteiger partial charge is 0.506 e. The Balaban J connectivity index is 1.46. The van der Waals surface area contributed by atoms with Gasteiger partial charge in [0.25, 0.3) is 5.91 Å². The van der Waals surface area contributed by atoms with E-state index in [9.17, 15) is 9.90 Å². The van der Waals surface area contributed by atoms with Crippen molar-refractivity contribution < 1.29 is 14.6 Å². The zero-order valence-electron chi connectivity index (χ0n) is 15.2. The highest BCUT2D eigenvalue weighted by Gasteiger charge is 2.18. The molecule has 0 aliphatic carbocycles. The summed E-state index contributed by atoms with van der Waals surface area (Å²) in [4.78, 5) is 13.2. The van der Waals surface area contributed by atoms with Crippen LogP contribution in [0.2, 0.25) is 0 Å². The number of hydrogen-bond donors (Lipinski definition) is 3. The van der Waals surface area contributed by atoms with Crippen LogP contribution in [-0.4, -0.2) is 41.7 Å². The van der Waals surface area contributed by atoms with E-state index in [-0.39, 0.29) is 11.3 Å². The van der Waals surface area contributed by atoms with Crippen LogP contribution >= 0.6 is 23.5 Å². The molecule has 5 nitrogen and oxygen atoms in total. The lowest BCUT2D eigenvalue weighted by Crippen LogP contribution is -2.39. The van der Waals surface area contributed by atoms with Gasteiger partial charge in [0.05, 0.1) is 11.6 Å². The number of nitrogens with two attached hydrogens (primary N) is 1. The van der Waals surface area contributed by atoms with Crippen molar-refractivity contribution in [2.24, 2.45) is 11.7 Å². The van der Waals surface area contributed by atoms with Gasteiger partial charge >= 0.3 is 0 Å². The fourth-order valence-electron chi connectivity index (χ4n) is 2.73. The monoisotopic (exact) mass is 404 g/mol. The molecule has 1 heterocycles. The Morgan fingerprint density at radius 1 is 1.37 bits per heavy atom. The predicted octanol–water partition coefficient (Wildman–Crippen LogP) is 3.36. The molecule has 7 heteroatoms. The number of rotatable bonds is 7. The molecule has 3 rings (SSSR count). The smallest absolute Gasteiger partial charge is 0.252 e. The second kappa shape index (κ2) is 9.39. The molecule has 0 bridgehead atoms. The highest BCUT2D eigenvalue weighted by atomic mass is 32.2. The zero-order valence-corrected chi connectivity index (χ0v) is 16.8. The number of phenols is 1. The lowest BCUT2D eigenvalue weighted by molar-refractivity contribution is 0.0997. The van der Waals surface area contributed by atoms with E-state index in [1.165, 1.54) is 22.7 Å². The molecule has 0 unspecified atom stereocenters. The first-order valence-electron chi connectivity index (χ1n) is 8.87. The minimum absolute atomic E-state index is 0.0264. The first kappa shape index (κ1) is 19.9. The van der Waals surface area contributed by atoms with Gasteiger partial charge in [0.1, 0.15) is 18.1 Å². The van der Waals surface area contributed by atoms with Gasteiger partial charge < -0.3 is 20.9 Å². The predicted molar refractivity (Wildman–Crippen MR) is 111 cm³/mol. The molecule has 1 aliphatic heterocycles. The maximum Gasteiger partial charge on any atom is 0.252 e. The van der Waals surface area contributed by atoms with E-state index < -0.39 is 5.91 Å². The molecule has 0 radical (unpaired) electrons. The van der Waals surface area contributed by atoms with Gasteiger partial charge in [-0.25, -0.2) is 0 Å². The van der Waals surface area contributed by atoms with Crippen molar-refractivity contribution in [3.63, 3.8) is 0 Å². The normalized spacial score (nSPS) is 17.4. The van der Waals surface area contributed by atoms with Crippen LogP contribution in [0.5, 0.6) is 11.5 Å². The van der Waals surface area contributed by atoms with Crippen LogP contribution in [-0.2, 0) is 0 Å². The molecule has 4 N–H and O–H groups in total. The maximum atomic E-state index is 11.3. The van der Waals surface area contributed by atoms with E-state index >= 15 is 0 Å². The number of aromatic hydroxyl groups is 1. The fraction of sp³-hybridized carbons (Fsp3) is 0.350. The van der Waals surface area contributed by atoms with Crippen LogP contribution in [0.3, 0.4) is 0 Å². The van der Waals surface area contributed by atoms with Crippen molar-refractivity contribution in [2.45, 2.75) is 22.8 Å². The molecule has 144 valence electrons. The third kappa shape index (κ3) is 5.34. The quantitative estimate of drug-likeness (QED) is 0.614. The Labute approximate surface area is 168 Å². The lowest BCUT2D eigenvalue weighted by Gasteiger charge is -2.19. The average Bonchev–Trinajstić information content (AvgIpc) is 2.88. The Morgan fingerprint density at radius 2 is 2.19 bits per heavy atom. The van der Waals surface area contributed by atoms with Gasteiger partial charge in [0.2, 0.25) is 0 Å². The Morgan fingerprint density at radius 3 is 3.00 bits per heavy atom. The highest BCUT2D eigenvalue weighted by molar-refractivity contribution is 7.99. The van der Waals surface area contributed by atoms with Crippen LogP contribution in [0.1, 0.15) is 17.3 Å². The maximum absolute atomic E-state index is 11.3. The molecule has 1 amide bonds. The zero-order chi connectivity index (χ0) is 19.2. The third-order valence-electron chi connectivity index (χ3n) is 4.27. The lowest BCUT2D eigenvalue weighted by atomic mass is 10.2. The molecule has 0 spiro atoms. The molecule has 2 atom stereocenters. The molecule has 27 heavy (non-hydrogen) atoms. The van der Waals surface area contributed by atoms with Crippen molar-refractivity contribution >= 4 is 29.4 Å². The molecule has 2 aromatic rings. The SMILES string of the molecule is C[C@@H](CN[C@@H]1COc2ccccc2SC1)CSc1cccc(C(N)=O)c1O. The van der Waals surface area contributed by atoms with Gasteiger partial charge in [-0.2, -0.15) is 0 Å². The van der Waals surface area contributed by atoms with Crippen LogP contribution in [0.4, 0.5) is 0 Å². The number of nitrogens with one attached hydrogen (secondary N) is 1. The summed E-state index contributed by atoms with van der Waals surface area (Å²) in [5.74, 6) is 2.50. The molecular formula is C20H24N2O3S2. The number of carbonyl (C=O) groups is 1. The Kier molecular flexibility index (Phi) is 6.93. The molecular weight excluding hydrogens is 380 g/mol. The van der Waals surface area contributed by atoms with Crippen LogP contribution in [0.25, 0.3) is 0 Å². The average molecular weight is 405 g/mol. The third-order valence-corrected chi connectivity index (χ3v) is 6.87. The van der Waals surface area contributed by atoms with Gasteiger partial charge in [-0.15, -0.1) is 23.5 Å². The summed E-state index contributed by atoms with van der Waals surface area (Å²) in [7, 11) is 0. The summed E-state index contributed by atoms with van der Waals surface area (Å²) in [5, 5.41) is 13.7. The molecule has 0 saturated heterocycles. The number of ether oxygens (including phenoxy) is 1. The van der Waals surface area contributed by atoms with Gasteiger partial charge in [-0.05, 0) is 36.7 Å². The van der Waals surface area contributed by atoms with Crippen molar-refractivity contribution in [1.29, 1.82) is 0 Å². The number of benzene rings is 2. The number of primary amides is 1. The number of carbonyl (C=O) groups excluding carboxylic acids is 1. The fourth-order valence-corrected chi connectivity index (χ4v) is 4.77. The van der Waals surface area contributed by atoms with Gasteiger partial charge in [-0.3, -0.25) is 4.79 Å². The van der Waals surface area contributed by atoms with Crippen molar-refractivity contribution in [3.05, 3.63) is 48.0 Å². The summed E-state index contributed by atoms with van der Waals surface area (Å²) >= 11 is 3.35. The summed E-state index contributed by atoms with van der Waals surface area (Å²) < 4.78 is 5.91. The van der Waals surface area contributed by atoms with Crippen LogP contribution < -0.4 is 15.8 Å². The Hall–Kier alpha value is -1.83. The number of thioether (sulfide) groups is 2. The van der Waals surface area contributed by atoms with E-state index in [1.807, 2.05) is 30.0 Å². The van der Waals surface area contributed by atoms with E-state index in [0.29, 0.717) is 23.5 Å². The number of hydrogen-bond acceptors (Lipinski definition) is 6. The van der Waals surface area contributed by atoms with Crippen LogP contribution in [0, 0.1) is 5.92 Å². The van der Waals surface area contributed by atoms with Gasteiger partial charge in [0, 0.05) is 21.3 Å². The topological polar surface area (TPSA) is 84.6 Å². The van der Waals surface area contributed by atoms with E-state index in [1.54, 1.807) is 12.1 Å². The summed E-state index contributed by atoms with van der Waals surface area (Å²) in [6.07, 6.45) is 0. The second-order valence-electron chi connectivity index (χ2n) is 6.61. The number of para-hydroxylation sites is 2.